The van der Waals surface area contributed by atoms with Gasteiger partial charge in [0.15, 0.2) is 0 Å². The Hall–Kier alpha value is -1.31. The van der Waals surface area contributed by atoms with Crippen molar-refractivity contribution < 1.29 is 4.79 Å². The average Bonchev–Trinajstić information content (AvgIpc) is 2.27. The molecule has 1 aromatic carbocycles. The molecule has 1 amide bonds. The van der Waals surface area contributed by atoms with Gasteiger partial charge < -0.3 is 4.90 Å². The highest BCUT2D eigenvalue weighted by Gasteiger charge is 2.28. The van der Waals surface area contributed by atoms with E-state index >= 15 is 0 Å². The Labute approximate surface area is 97.3 Å². The van der Waals surface area contributed by atoms with Crippen LogP contribution in [-0.2, 0) is 11.3 Å². The van der Waals surface area contributed by atoms with E-state index in [0.29, 0.717) is 11.8 Å². The molecule has 0 saturated carbocycles. The molecule has 2 atom stereocenters. The van der Waals surface area contributed by atoms with Crippen molar-refractivity contribution in [3.05, 3.63) is 35.9 Å². The summed E-state index contributed by atoms with van der Waals surface area (Å²) in [6.07, 6.45) is 1.03. The molecular formula is C14H19NO. The van der Waals surface area contributed by atoms with Gasteiger partial charge in [0.2, 0.25) is 5.91 Å². The Morgan fingerprint density at radius 1 is 1.25 bits per heavy atom. The normalized spacial score (nSPS) is 25.9. The van der Waals surface area contributed by atoms with Crippen LogP contribution in [0.15, 0.2) is 30.3 Å². The summed E-state index contributed by atoms with van der Waals surface area (Å²) >= 11 is 0. The zero-order chi connectivity index (χ0) is 11.5. The molecule has 86 valence electrons. The van der Waals surface area contributed by atoms with E-state index in [-0.39, 0.29) is 5.92 Å². The van der Waals surface area contributed by atoms with Gasteiger partial charge in [-0.2, -0.15) is 0 Å². The van der Waals surface area contributed by atoms with E-state index in [0.717, 1.165) is 19.5 Å². The van der Waals surface area contributed by atoms with Gasteiger partial charge in [-0.1, -0.05) is 44.2 Å². The first-order valence-corrected chi connectivity index (χ1v) is 5.99. The second kappa shape index (κ2) is 4.69. The number of amides is 1. The van der Waals surface area contributed by atoms with Crippen molar-refractivity contribution in [2.24, 2.45) is 11.8 Å². The molecule has 0 radical (unpaired) electrons. The fourth-order valence-corrected chi connectivity index (χ4v) is 2.50. The molecule has 0 spiro atoms. The van der Waals surface area contributed by atoms with Gasteiger partial charge in [0.05, 0.1) is 0 Å². The fraction of sp³-hybridized carbons (Fsp3) is 0.500. The molecule has 16 heavy (non-hydrogen) atoms. The molecule has 1 aromatic rings. The number of benzene rings is 1. The van der Waals surface area contributed by atoms with Gasteiger partial charge in [0.25, 0.3) is 0 Å². The van der Waals surface area contributed by atoms with Crippen molar-refractivity contribution in [3.8, 4) is 0 Å². The minimum atomic E-state index is 0.187. The highest BCUT2D eigenvalue weighted by Crippen LogP contribution is 2.23. The van der Waals surface area contributed by atoms with E-state index in [9.17, 15) is 4.79 Å². The molecule has 1 aliphatic rings. The molecule has 0 bridgehead atoms. The van der Waals surface area contributed by atoms with Crippen LogP contribution < -0.4 is 0 Å². The summed E-state index contributed by atoms with van der Waals surface area (Å²) in [6, 6.07) is 10.2. The van der Waals surface area contributed by atoms with Crippen LogP contribution in [0.1, 0.15) is 25.8 Å². The minimum Gasteiger partial charge on any atom is -0.338 e. The van der Waals surface area contributed by atoms with Gasteiger partial charge in [-0.25, -0.2) is 0 Å². The Balaban J connectivity index is 2.06. The highest BCUT2D eigenvalue weighted by molar-refractivity contribution is 5.79. The van der Waals surface area contributed by atoms with Crippen LogP contribution in [0.4, 0.5) is 0 Å². The Morgan fingerprint density at radius 2 is 1.94 bits per heavy atom. The van der Waals surface area contributed by atoms with Crippen molar-refractivity contribution in [2.75, 3.05) is 6.54 Å². The standard InChI is InChI=1S/C14H19NO/c1-11-8-12(2)14(16)15(9-11)10-13-6-4-3-5-7-13/h3-7,11-12H,8-10H2,1-2H3/t11-,12+/m0/s1. The van der Waals surface area contributed by atoms with Crippen LogP contribution >= 0.6 is 0 Å². The first kappa shape index (κ1) is 11.2. The number of piperidine rings is 1. The second-order valence-corrected chi connectivity index (χ2v) is 4.95. The molecule has 0 N–H and O–H groups in total. The predicted octanol–water partition coefficient (Wildman–Crippen LogP) is 2.69. The zero-order valence-electron chi connectivity index (χ0n) is 10.0. The summed E-state index contributed by atoms with van der Waals surface area (Å²) in [5.74, 6) is 1.12. The second-order valence-electron chi connectivity index (χ2n) is 4.95. The molecule has 2 nitrogen and oxygen atoms in total. The van der Waals surface area contributed by atoms with Gasteiger partial charge in [0.1, 0.15) is 0 Å². The lowest BCUT2D eigenvalue weighted by Crippen LogP contribution is -2.43. The quantitative estimate of drug-likeness (QED) is 0.746. The largest absolute Gasteiger partial charge is 0.338 e. The summed E-state index contributed by atoms with van der Waals surface area (Å²) in [7, 11) is 0. The van der Waals surface area contributed by atoms with Crippen LogP contribution in [0.2, 0.25) is 0 Å². The van der Waals surface area contributed by atoms with Gasteiger partial charge in [0, 0.05) is 19.0 Å². The molecule has 0 aliphatic carbocycles. The number of likely N-dealkylation sites (tertiary alicyclic amines) is 1. The molecule has 1 aliphatic heterocycles. The molecule has 0 unspecified atom stereocenters. The van der Waals surface area contributed by atoms with Crippen molar-refractivity contribution >= 4 is 5.91 Å². The van der Waals surface area contributed by atoms with Crippen LogP contribution in [0.25, 0.3) is 0 Å². The Bertz CT molecular complexity index is 360. The van der Waals surface area contributed by atoms with Crippen LogP contribution in [0.5, 0.6) is 0 Å². The average molecular weight is 217 g/mol. The summed E-state index contributed by atoms with van der Waals surface area (Å²) < 4.78 is 0. The lowest BCUT2D eigenvalue weighted by molar-refractivity contribution is -0.140. The molecule has 1 heterocycles. The smallest absolute Gasteiger partial charge is 0.225 e. The molecule has 0 aromatic heterocycles. The monoisotopic (exact) mass is 217 g/mol. The Kier molecular flexibility index (Phi) is 3.28. The first-order valence-electron chi connectivity index (χ1n) is 5.99. The number of hydrogen-bond acceptors (Lipinski definition) is 1. The number of hydrogen-bond donors (Lipinski definition) is 0. The SMILES string of the molecule is C[C@H]1C[C@@H](C)C(=O)N(Cc2ccccc2)C1. The zero-order valence-corrected chi connectivity index (χ0v) is 10.0. The summed E-state index contributed by atoms with van der Waals surface area (Å²) in [4.78, 5) is 14.0. The van der Waals surface area contributed by atoms with Crippen molar-refractivity contribution in [3.63, 3.8) is 0 Å². The third kappa shape index (κ3) is 2.43. The summed E-state index contributed by atoms with van der Waals surface area (Å²) in [5.41, 5.74) is 1.22. The third-order valence-corrected chi connectivity index (χ3v) is 3.24. The van der Waals surface area contributed by atoms with Crippen LogP contribution in [-0.4, -0.2) is 17.4 Å². The maximum Gasteiger partial charge on any atom is 0.225 e. The number of nitrogens with zero attached hydrogens (tertiary/aromatic N) is 1. The van der Waals surface area contributed by atoms with E-state index in [1.54, 1.807) is 0 Å². The number of rotatable bonds is 2. The third-order valence-electron chi connectivity index (χ3n) is 3.24. The number of carbonyl (C=O) groups is 1. The topological polar surface area (TPSA) is 20.3 Å². The molecular weight excluding hydrogens is 198 g/mol. The van der Waals surface area contributed by atoms with Crippen LogP contribution in [0, 0.1) is 11.8 Å². The molecule has 1 saturated heterocycles. The van der Waals surface area contributed by atoms with Crippen LogP contribution in [0.3, 0.4) is 0 Å². The van der Waals surface area contributed by atoms with Gasteiger partial charge >= 0.3 is 0 Å². The van der Waals surface area contributed by atoms with Crippen molar-refractivity contribution in [1.29, 1.82) is 0 Å². The lowest BCUT2D eigenvalue weighted by atomic mass is 9.91. The number of carbonyl (C=O) groups excluding carboxylic acids is 1. The minimum absolute atomic E-state index is 0.187. The molecule has 2 rings (SSSR count). The Morgan fingerprint density at radius 3 is 2.62 bits per heavy atom. The fourth-order valence-electron chi connectivity index (χ4n) is 2.50. The predicted molar refractivity (Wildman–Crippen MR) is 64.8 cm³/mol. The molecule has 1 fully saturated rings. The molecule has 2 heteroatoms. The van der Waals surface area contributed by atoms with Crippen molar-refractivity contribution in [2.45, 2.75) is 26.8 Å². The highest BCUT2D eigenvalue weighted by atomic mass is 16.2. The van der Waals surface area contributed by atoms with E-state index in [1.807, 2.05) is 30.0 Å². The first-order chi connectivity index (χ1) is 7.66. The van der Waals surface area contributed by atoms with Gasteiger partial charge in [-0.05, 0) is 17.9 Å². The van der Waals surface area contributed by atoms with E-state index in [2.05, 4.69) is 19.1 Å². The van der Waals surface area contributed by atoms with E-state index < -0.39 is 0 Å². The van der Waals surface area contributed by atoms with Gasteiger partial charge in [-0.15, -0.1) is 0 Å². The van der Waals surface area contributed by atoms with Gasteiger partial charge in [-0.3, -0.25) is 4.79 Å². The summed E-state index contributed by atoms with van der Waals surface area (Å²) in [5, 5.41) is 0. The maximum absolute atomic E-state index is 12.0. The summed E-state index contributed by atoms with van der Waals surface area (Å²) in [6.45, 7) is 5.92. The van der Waals surface area contributed by atoms with E-state index in [1.165, 1.54) is 5.56 Å². The lowest BCUT2D eigenvalue weighted by Gasteiger charge is -2.34. The maximum atomic E-state index is 12.0. The van der Waals surface area contributed by atoms with E-state index in [4.69, 9.17) is 0 Å². The van der Waals surface area contributed by atoms with Crippen molar-refractivity contribution in [1.82, 2.24) is 4.90 Å².